The van der Waals surface area contributed by atoms with E-state index in [0.29, 0.717) is 5.92 Å². The van der Waals surface area contributed by atoms with Gasteiger partial charge in [0.05, 0.1) is 17.1 Å². The summed E-state index contributed by atoms with van der Waals surface area (Å²) in [6, 6.07) is 34.7. The molecule has 0 spiro atoms. The third-order valence-electron chi connectivity index (χ3n) is 6.84. The molecule has 5 rings (SSSR count). The largest absolute Gasteiger partial charge is 0.316 e. The van der Waals surface area contributed by atoms with E-state index in [1.807, 2.05) is 6.20 Å². The van der Waals surface area contributed by atoms with Gasteiger partial charge in [-0.15, -0.1) is 0 Å². The zero-order valence-electron chi connectivity index (χ0n) is 21.9. The van der Waals surface area contributed by atoms with Gasteiger partial charge in [-0.25, -0.2) is 0 Å². The maximum Gasteiger partial charge on any atom is 0.0723 e. The van der Waals surface area contributed by atoms with Crippen molar-refractivity contribution in [1.82, 2.24) is 9.55 Å². The Morgan fingerprint density at radius 3 is 2.08 bits per heavy atom. The van der Waals surface area contributed by atoms with Crippen molar-refractivity contribution < 1.29 is 0 Å². The number of nitrogens with zero attached hydrogens (tertiary/aromatic N) is 2. The maximum absolute atomic E-state index is 4.85. The van der Waals surface area contributed by atoms with E-state index in [1.165, 1.54) is 33.5 Å². The van der Waals surface area contributed by atoms with E-state index < -0.39 is 0 Å². The van der Waals surface area contributed by atoms with Crippen molar-refractivity contribution in [3.63, 3.8) is 0 Å². The van der Waals surface area contributed by atoms with Crippen molar-refractivity contribution in [3.05, 3.63) is 121 Å². The summed E-state index contributed by atoms with van der Waals surface area (Å²) in [6.45, 7) is 11.2. The molecule has 0 radical (unpaired) electrons. The van der Waals surface area contributed by atoms with Crippen LogP contribution in [0.1, 0.15) is 51.7 Å². The van der Waals surface area contributed by atoms with Crippen molar-refractivity contribution in [2.75, 3.05) is 0 Å². The summed E-state index contributed by atoms with van der Waals surface area (Å²) in [5.41, 5.74) is 10.7. The lowest BCUT2D eigenvalue weighted by Gasteiger charge is -2.17. The fourth-order valence-corrected chi connectivity index (χ4v) is 4.59. The molecule has 0 saturated carbocycles. The van der Waals surface area contributed by atoms with Crippen molar-refractivity contribution in [2.45, 2.75) is 46.0 Å². The molecule has 2 aromatic heterocycles. The molecule has 2 nitrogen and oxygen atoms in total. The Kier molecular flexibility index (Phi) is 6.36. The minimum absolute atomic E-state index is 0.0309. The predicted molar refractivity (Wildman–Crippen MR) is 153 cm³/mol. The van der Waals surface area contributed by atoms with Gasteiger partial charge in [0.15, 0.2) is 0 Å². The summed E-state index contributed by atoms with van der Waals surface area (Å²) in [4.78, 5) is 4.85. The van der Waals surface area contributed by atoms with Gasteiger partial charge in [-0.3, -0.25) is 4.98 Å². The topological polar surface area (TPSA) is 17.8 Å². The third kappa shape index (κ3) is 4.77. The first-order valence-electron chi connectivity index (χ1n) is 12.8. The van der Waals surface area contributed by atoms with Crippen LogP contribution in [-0.2, 0) is 5.41 Å². The molecule has 5 aromatic rings. The van der Waals surface area contributed by atoms with E-state index in [2.05, 4.69) is 142 Å². The van der Waals surface area contributed by atoms with Gasteiger partial charge in [-0.1, -0.05) is 107 Å². The van der Waals surface area contributed by atoms with Gasteiger partial charge >= 0.3 is 0 Å². The second-order valence-corrected chi connectivity index (χ2v) is 10.8. The molecule has 2 heteroatoms. The zero-order chi connectivity index (χ0) is 25.3. The molecule has 0 atom stereocenters. The van der Waals surface area contributed by atoms with Crippen LogP contribution in [0.2, 0.25) is 0 Å². The molecular formula is C34H34N2. The Labute approximate surface area is 215 Å². The van der Waals surface area contributed by atoms with Gasteiger partial charge in [0.1, 0.15) is 0 Å². The fourth-order valence-electron chi connectivity index (χ4n) is 4.59. The Balaban J connectivity index is 1.68. The molecule has 0 unspecified atom stereocenters. The lowest BCUT2D eigenvalue weighted by atomic mass is 9.89. The highest BCUT2D eigenvalue weighted by Crippen LogP contribution is 2.36. The number of pyridine rings is 1. The summed E-state index contributed by atoms with van der Waals surface area (Å²) < 4.78 is 2.35. The van der Waals surface area contributed by atoms with Crippen LogP contribution in [0.25, 0.3) is 39.3 Å². The summed E-state index contributed by atoms with van der Waals surface area (Å²) in [5.74, 6) is 0.462. The van der Waals surface area contributed by atoms with Crippen molar-refractivity contribution in [1.29, 1.82) is 0 Å². The molecular weight excluding hydrogens is 436 g/mol. The Morgan fingerprint density at radius 2 is 1.39 bits per heavy atom. The molecule has 36 heavy (non-hydrogen) atoms. The lowest BCUT2D eigenvalue weighted by molar-refractivity contribution is 0.590. The van der Waals surface area contributed by atoms with Gasteiger partial charge in [0.25, 0.3) is 0 Å². The molecule has 0 aliphatic heterocycles. The SMILES string of the molecule is CC(C)c1ccc(-c2ccccc2-n2cc(C(C)(C)C)cc2-c2cccc(-c3ccccc3)c2)nc1. The minimum Gasteiger partial charge on any atom is -0.316 e. The van der Waals surface area contributed by atoms with Gasteiger partial charge in [0.2, 0.25) is 0 Å². The highest BCUT2D eigenvalue weighted by molar-refractivity contribution is 5.77. The zero-order valence-corrected chi connectivity index (χ0v) is 21.9. The number of hydrogen-bond donors (Lipinski definition) is 0. The van der Waals surface area contributed by atoms with Gasteiger partial charge in [0, 0.05) is 18.0 Å². The first-order valence-corrected chi connectivity index (χ1v) is 12.8. The van der Waals surface area contributed by atoms with Crippen LogP contribution in [0.3, 0.4) is 0 Å². The molecule has 0 saturated heterocycles. The van der Waals surface area contributed by atoms with E-state index in [0.717, 1.165) is 16.9 Å². The summed E-state index contributed by atoms with van der Waals surface area (Å²) in [7, 11) is 0. The van der Waals surface area contributed by atoms with Gasteiger partial charge < -0.3 is 4.57 Å². The highest BCUT2D eigenvalue weighted by Gasteiger charge is 2.21. The van der Waals surface area contributed by atoms with Gasteiger partial charge in [-0.05, 0) is 63.4 Å². The predicted octanol–water partition coefficient (Wildman–Crippen LogP) is 9.29. The molecule has 0 amide bonds. The van der Waals surface area contributed by atoms with E-state index in [4.69, 9.17) is 4.98 Å². The molecule has 0 fully saturated rings. The average Bonchev–Trinajstić information content (AvgIpc) is 3.36. The number of hydrogen-bond acceptors (Lipinski definition) is 1. The second-order valence-electron chi connectivity index (χ2n) is 10.8. The monoisotopic (exact) mass is 470 g/mol. The Bertz CT molecular complexity index is 1470. The van der Waals surface area contributed by atoms with Crippen LogP contribution in [-0.4, -0.2) is 9.55 Å². The average molecular weight is 471 g/mol. The van der Waals surface area contributed by atoms with Crippen molar-refractivity contribution >= 4 is 0 Å². The maximum atomic E-state index is 4.85. The number of para-hydroxylation sites is 1. The molecule has 180 valence electrons. The molecule has 0 N–H and O–H groups in total. The number of benzene rings is 3. The molecule has 0 bridgehead atoms. The quantitative estimate of drug-likeness (QED) is 0.250. The molecule has 0 aliphatic rings. The molecule has 2 heterocycles. The smallest absolute Gasteiger partial charge is 0.0723 e. The standard InChI is InChI=1S/C34H34N2/c1-24(2)28-18-19-31(35-22-28)30-16-9-10-17-32(30)36-23-29(34(3,4)5)21-33(36)27-15-11-14-26(20-27)25-12-7-6-8-13-25/h6-24H,1-5H3. The first kappa shape index (κ1) is 23.8. The summed E-state index contributed by atoms with van der Waals surface area (Å²) in [5, 5.41) is 0. The Hall–Kier alpha value is -3.91. The van der Waals surface area contributed by atoms with Crippen LogP contribution < -0.4 is 0 Å². The van der Waals surface area contributed by atoms with Crippen LogP contribution in [0, 0.1) is 0 Å². The van der Waals surface area contributed by atoms with Crippen LogP contribution in [0.15, 0.2) is 109 Å². The van der Waals surface area contributed by atoms with Crippen molar-refractivity contribution in [3.8, 4) is 39.3 Å². The van der Waals surface area contributed by atoms with Crippen LogP contribution in [0.5, 0.6) is 0 Å². The van der Waals surface area contributed by atoms with Gasteiger partial charge in [-0.2, -0.15) is 0 Å². The Morgan fingerprint density at radius 1 is 0.694 bits per heavy atom. The van der Waals surface area contributed by atoms with E-state index >= 15 is 0 Å². The fraction of sp³-hybridized carbons (Fsp3) is 0.206. The number of rotatable bonds is 5. The van der Waals surface area contributed by atoms with E-state index in [1.54, 1.807) is 0 Å². The van der Waals surface area contributed by atoms with Crippen LogP contribution in [0.4, 0.5) is 0 Å². The second kappa shape index (κ2) is 9.62. The van der Waals surface area contributed by atoms with Crippen LogP contribution >= 0.6 is 0 Å². The molecule has 0 aliphatic carbocycles. The molecule has 3 aromatic carbocycles. The minimum atomic E-state index is 0.0309. The van der Waals surface area contributed by atoms with Crippen molar-refractivity contribution in [2.24, 2.45) is 0 Å². The highest BCUT2D eigenvalue weighted by atomic mass is 15.0. The lowest BCUT2D eigenvalue weighted by Crippen LogP contribution is -2.09. The summed E-state index contributed by atoms with van der Waals surface area (Å²) >= 11 is 0. The number of aromatic nitrogens is 2. The first-order chi connectivity index (χ1) is 17.3. The summed E-state index contributed by atoms with van der Waals surface area (Å²) in [6.07, 6.45) is 4.31. The third-order valence-corrected chi connectivity index (χ3v) is 6.84. The van der Waals surface area contributed by atoms with E-state index in [-0.39, 0.29) is 5.41 Å². The normalized spacial score (nSPS) is 11.7. The van der Waals surface area contributed by atoms with E-state index in [9.17, 15) is 0 Å².